The lowest BCUT2D eigenvalue weighted by molar-refractivity contribution is 0.0240. The van der Waals surface area contributed by atoms with E-state index in [1.807, 2.05) is 19.9 Å². The van der Waals surface area contributed by atoms with Gasteiger partial charge in [0.1, 0.15) is 5.69 Å². The van der Waals surface area contributed by atoms with Crippen LogP contribution in [0.5, 0.6) is 0 Å². The van der Waals surface area contributed by atoms with E-state index in [9.17, 15) is 9.90 Å². The number of hydrogen-bond acceptors (Lipinski definition) is 4. The number of piperidine rings is 1. The van der Waals surface area contributed by atoms with Crippen LogP contribution in [0.2, 0.25) is 0 Å². The Labute approximate surface area is 136 Å². The lowest BCUT2D eigenvalue weighted by Gasteiger charge is -2.43. The molecule has 0 aromatic carbocycles. The molecule has 1 atom stereocenters. The normalized spacial score (nSPS) is 20.9. The summed E-state index contributed by atoms with van der Waals surface area (Å²) in [7, 11) is 0. The van der Waals surface area contributed by atoms with Crippen LogP contribution in [0.1, 0.15) is 48.6 Å². The fourth-order valence-corrected chi connectivity index (χ4v) is 3.32. The van der Waals surface area contributed by atoms with Crippen molar-refractivity contribution in [3.63, 3.8) is 0 Å². The average Bonchev–Trinajstić information content (AvgIpc) is 2.84. The molecular formula is C17H24N4O2. The van der Waals surface area contributed by atoms with E-state index in [1.54, 1.807) is 15.5 Å². The molecule has 6 nitrogen and oxygen atoms in total. The second kappa shape index (κ2) is 5.60. The number of fused-ring (bicyclic) bond motifs is 1. The minimum atomic E-state index is -0.129. The Balaban J connectivity index is 2.04. The molecule has 3 heterocycles. The molecule has 0 unspecified atom stereocenters. The molecule has 1 aliphatic rings. The highest BCUT2D eigenvalue weighted by molar-refractivity contribution is 5.93. The van der Waals surface area contributed by atoms with Crippen molar-refractivity contribution >= 4 is 11.6 Å². The molecule has 0 radical (unpaired) electrons. The van der Waals surface area contributed by atoms with Gasteiger partial charge < -0.3 is 10.0 Å². The first-order valence-electron chi connectivity index (χ1n) is 8.06. The molecule has 23 heavy (non-hydrogen) atoms. The molecular weight excluding hydrogens is 292 g/mol. The van der Waals surface area contributed by atoms with Crippen LogP contribution in [0.4, 0.5) is 0 Å². The number of aliphatic hydroxyl groups is 1. The van der Waals surface area contributed by atoms with E-state index >= 15 is 0 Å². The van der Waals surface area contributed by atoms with Crippen LogP contribution in [-0.2, 0) is 0 Å². The fourth-order valence-electron chi connectivity index (χ4n) is 3.32. The Hall–Kier alpha value is -1.95. The van der Waals surface area contributed by atoms with Crippen molar-refractivity contribution in [3.8, 4) is 0 Å². The standard InChI is InChI=1S/C17H24N4O2/c1-11-7-14(21-15(18-11)8-12(2)19-21)16(23)20-10-17(3,4)6-5-13(20)9-22/h7-8,13,22H,5-6,9-10H2,1-4H3/t13-/m1/s1. The summed E-state index contributed by atoms with van der Waals surface area (Å²) >= 11 is 0. The highest BCUT2D eigenvalue weighted by Crippen LogP contribution is 2.32. The molecule has 6 heteroatoms. The summed E-state index contributed by atoms with van der Waals surface area (Å²) in [6.07, 6.45) is 1.83. The maximum atomic E-state index is 13.2. The number of rotatable bonds is 2. The molecule has 0 aliphatic carbocycles. The Bertz CT molecular complexity index is 750. The van der Waals surface area contributed by atoms with Crippen molar-refractivity contribution in [1.82, 2.24) is 19.5 Å². The van der Waals surface area contributed by atoms with Gasteiger partial charge in [-0.3, -0.25) is 4.79 Å². The van der Waals surface area contributed by atoms with Crippen LogP contribution in [-0.4, -0.2) is 49.7 Å². The van der Waals surface area contributed by atoms with Gasteiger partial charge in [-0.1, -0.05) is 13.8 Å². The van der Waals surface area contributed by atoms with Crippen molar-refractivity contribution in [2.45, 2.75) is 46.6 Å². The van der Waals surface area contributed by atoms with E-state index in [-0.39, 0.29) is 24.0 Å². The van der Waals surface area contributed by atoms with Gasteiger partial charge in [0.2, 0.25) is 0 Å². The summed E-state index contributed by atoms with van der Waals surface area (Å²) < 4.78 is 1.61. The molecule has 124 valence electrons. The van der Waals surface area contributed by atoms with Gasteiger partial charge in [0, 0.05) is 18.3 Å². The molecule has 2 aromatic heterocycles. The monoisotopic (exact) mass is 316 g/mol. The van der Waals surface area contributed by atoms with Gasteiger partial charge in [-0.25, -0.2) is 9.50 Å². The Kier molecular flexibility index (Phi) is 3.88. The lowest BCUT2D eigenvalue weighted by Crippen LogP contribution is -2.51. The molecule has 3 rings (SSSR count). The van der Waals surface area contributed by atoms with Crippen molar-refractivity contribution in [2.24, 2.45) is 5.41 Å². The maximum absolute atomic E-state index is 13.2. The number of amides is 1. The minimum Gasteiger partial charge on any atom is -0.394 e. The van der Waals surface area contributed by atoms with Crippen LogP contribution in [0.3, 0.4) is 0 Å². The third kappa shape index (κ3) is 2.95. The average molecular weight is 316 g/mol. The van der Waals surface area contributed by atoms with E-state index < -0.39 is 0 Å². The number of carbonyl (C=O) groups excluding carboxylic acids is 1. The molecule has 0 bridgehead atoms. The van der Waals surface area contributed by atoms with Gasteiger partial charge >= 0.3 is 0 Å². The topological polar surface area (TPSA) is 70.7 Å². The zero-order chi connectivity index (χ0) is 16.8. The molecule has 0 spiro atoms. The Morgan fingerprint density at radius 1 is 1.35 bits per heavy atom. The molecule has 1 aliphatic heterocycles. The molecule has 1 amide bonds. The van der Waals surface area contributed by atoms with Crippen LogP contribution in [0.15, 0.2) is 12.1 Å². The predicted molar refractivity (Wildman–Crippen MR) is 87.4 cm³/mol. The van der Waals surface area contributed by atoms with E-state index in [4.69, 9.17) is 0 Å². The van der Waals surface area contributed by atoms with Crippen LogP contribution >= 0.6 is 0 Å². The third-order valence-electron chi connectivity index (χ3n) is 4.56. The highest BCUT2D eigenvalue weighted by Gasteiger charge is 2.36. The summed E-state index contributed by atoms with van der Waals surface area (Å²) in [5.41, 5.74) is 2.87. The quantitative estimate of drug-likeness (QED) is 0.919. The second-order valence-corrected chi connectivity index (χ2v) is 7.31. The van der Waals surface area contributed by atoms with E-state index in [2.05, 4.69) is 23.9 Å². The summed E-state index contributed by atoms with van der Waals surface area (Å²) in [6, 6.07) is 3.52. The lowest BCUT2D eigenvalue weighted by atomic mass is 9.81. The van der Waals surface area contributed by atoms with Crippen molar-refractivity contribution in [1.29, 1.82) is 0 Å². The molecule has 2 aromatic rings. The predicted octanol–water partition coefficient (Wildman–Crippen LogP) is 1.97. The van der Waals surface area contributed by atoms with Crippen LogP contribution in [0, 0.1) is 19.3 Å². The number of aliphatic hydroxyl groups excluding tert-OH is 1. The van der Waals surface area contributed by atoms with Crippen LogP contribution in [0.25, 0.3) is 5.65 Å². The number of nitrogens with zero attached hydrogens (tertiary/aromatic N) is 4. The van der Waals surface area contributed by atoms with Gasteiger partial charge in [-0.05, 0) is 38.2 Å². The number of aryl methyl sites for hydroxylation is 2. The molecule has 0 saturated carbocycles. The fraction of sp³-hybridized carbons (Fsp3) is 0.588. The third-order valence-corrected chi connectivity index (χ3v) is 4.56. The number of carbonyl (C=O) groups is 1. The van der Waals surface area contributed by atoms with Crippen molar-refractivity contribution < 1.29 is 9.90 Å². The van der Waals surface area contributed by atoms with Gasteiger partial charge in [0.25, 0.3) is 5.91 Å². The smallest absolute Gasteiger partial charge is 0.273 e. The highest BCUT2D eigenvalue weighted by atomic mass is 16.3. The van der Waals surface area contributed by atoms with E-state index in [0.717, 1.165) is 24.2 Å². The molecule has 1 fully saturated rings. The summed E-state index contributed by atoms with van der Waals surface area (Å²) in [6.45, 7) is 8.72. The number of likely N-dealkylation sites (tertiary alicyclic amines) is 1. The minimum absolute atomic E-state index is 0.00678. The SMILES string of the molecule is Cc1cc(C(=O)N2CC(C)(C)CC[C@@H]2CO)n2nc(C)cc2n1. The first-order valence-corrected chi connectivity index (χ1v) is 8.06. The summed E-state index contributed by atoms with van der Waals surface area (Å²) in [5.74, 6) is -0.0876. The Morgan fingerprint density at radius 3 is 2.78 bits per heavy atom. The van der Waals surface area contributed by atoms with Gasteiger partial charge in [-0.2, -0.15) is 5.10 Å². The van der Waals surface area contributed by atoms with Gasteiger partial charge in [-0.15, -0.1) is 0 Å². The first kappa shape index (κ1) is 15.9. The first-order chi connectivity index (χ1) is 10.8. The zero-order valence-electron chi connectivity index (χ0n) is 14.2. The second-order valence-electron chi connectivity index (χ2n) is 7.31. The Morgan fingerprint density at radius 2 is 2.09 bits per heavy atom. The summed E-state index contributed by atoms with van der Waals surface area (Å²) in [4.78, 5) is 19.4. The van der Waals surface area contributed by atoms with E-state index in [1.165, 1.54) is 0 Å². The number of aromatic nitrogens is 3. The maximum Gasteiger partial charge on any atom is 0.273 e. The number of hydrogen-bond donors (Lipinski definition) is 1. The molecule has 1 saturated heterocycles. The van der Waals surface area contributed by atoms with E-state index in [0.29, 0.717) is 17.9 Å². The molecule has 1 N–H and O–H groups in total. The van der Waals surface area contributed by atoms with Gasteiger partial charge in [0.05, 0.1) is 18.3 Å². The van der Waals surface area contributed by atoms with Crippen LogP contribution < -0.4 is 0 Å². The van der Waals surface area contributed by atoms with Gasteiger partial charge in [0.15, 0.2) is 5.65 Å². The zero-order valence-corrected chi connectivity index (χ0v) is 14.2. The summed E-state index contributed by atoms with van der Waals surface area (Å²) in [5, 5.41) is 14.1. The van der Waals surface area contributed by atoms with Crippen molar-refractivity contribution in [2.75, 3.05) is 13.2 Å². The largest absolute Gasteiger partial charge is 0.394 e. The van der Waals surface area contributed by atoms with Crippen molar-refractivity contribution in [3.05, 3.63) is 29.2 Å².